The third-order valence-corrected chi connectivity index (χ3v) is 3.32. The second kappa shape index (κ2) is 4.91. The summed E-state index contributed by atoms with van der Waals surface area (Å²) in [5.74, 6) is 0. The molecule has 1 nitrogen and oxygen atoms in total. The highest BCUT2D eigenvalue weighted by Crippen LogP contribution is 2.09. The molecule has 1 aromatic rings. The lowest BCUT2D eigenvalue weighted by Gasteiger charge is -2.10. The second-order valence-electron chi connectivity index (χ2n) is 2.53. The Balaban J connectivity index is 2.23. The van der Waals surface area contributed by atoms with Gasteiger partial charge < -0.3 is 0 Å². The molecule has 0 unspecified atom stereocenters. The largest absolute Gasteiger partial charge is 0.296 e. The van der Waals surface area contributed by atoms with Crippen LogP contribution in [0.5, 0.6) is 0 Å². The summed E-state index contributed by atoms with van der Waals surface area (Å²) in [6, 6.07) is 4.29. The number of halogens is 1. The molecule has 0 saturated carbocycles. The van der Waals surface area contributed by atoms with Crippen LogP contribution in [0.25, 0.3) is 0 Å². The molecular formula is C8H12BrNS. The molecule has 0 radical (unpaired) electrons. The fourth-order valence-electron chi connectivity index (χ4n) is 0.816. The molecule has 1 heterocycles. The molecule has 0 spiro atoms. The molecule has 0 N–H and O–H groups in total. The molecule has 1 aromatic heterocycles. The lowest BCUT2D eigenvalue weighted by Crippen LogP contribution is -2.18. The van der Waals surface area contributed by atoms with Crippen molar-refractivity contribution in [3.63, 3.8) is 0 Å². The van der Waals surface area contributed by atoms with E-state index in [0.29, 0.717) is 0 Å². The molecule has 0 aliphatic carbocycles. The maximum absolute atomic E-state index is 3.41. The molecule has 0 saturated heterocycles. The van der Waals surface area contributed by atoms with Gasteiger partial charge in [-0.1, -0.05) is 22.0 Å². The monoisotopic (exact) mass is 233 g/mol. The molecule has 0 atom stereocenters. The summed E-state index contributed by atoms with van der Waals surface area (Å²) in [6.45, 7) is 1.13. The fourth-order valence-corrected chi connectivity index (χ4v) is 1.76. The van der Waals surface area contributed by atoms with Crippen molar-refractivity contribution in [1.82, 2.24) is 4.90 Å². The van der Waals surface area contributed by atoms with Crippen molar-refractivity contribution < 1.29 is 0 Å². The van der Waals surface area contributed by atoms with Gasteiger partial charge in [0.25, 0.3) is 0 Å². The molecule has 62 valence electrons. The predicted molar refractivity (Wildman–Crippen MR) is 54.4 cm³/mol. The third-order valence-electron chi connectivity index (χ3n) is 1.52. The number of thiophene rings is 1. The second-order valence-corrected chi connectivity index (χ2v) is 4.06. The number of nitrogens with zero attached hydrogens (tertiary/aromatic N) is 1. The lowest BCUT2D eigenvalue weighted by atomic mass is 10.3. The maximum atomic E-state index is 3.41. The first-order valence-corrected chi connectivity index (χ1v) is 5.60. The highest BCUT2D eigenvalue weighted by Gasteiger charge is 1.96. The van der Waals surface area contributed by atoms with Crippen LogP contribution in [0, 0.1) is 0 Å². The van der Waals surface area contributed by atoms with E-state index in [9.17, 15) is 0 Å². The highest BCUT2D eigenvalue weighted by molar-refractivity contribution is 9.09. The van der Waals surface area contributed by atoms with E-state index in [0.717, 1.165) is 12.0 Å². The van der Waals surface area contributed by atoms with Gasteiger partial charge in [-0.05, 0) is 24.9 Å². The van der Waals surface area contributed by atoms with Crippen LogP contribution in [0.4, 0.5) is 0 Å². The number of hydrogen-bond donors (Lipinski definition) is 0. The van der Waals surface area contributed by atoms with Crippen LogP contribution < -0.4 is 0 Å². The Hall–Kier alpha value is 0.140. The number of hydrogen-bond acceptors (Lipinski definition) is 2. The zero-order valence-electron chi connectivity index (χ0n) is 6.59. The van der Waals surface area contributed by atoms with Crippen molar-refractivity contribution in [2.45, 2.75) is 6.42 Å². The van der Waals surface area contributed by atoms with E-state index in [-0.39, 0.29) is 0 Å². The molecule has 11 heavy (non-hydrogen) atoms. The number of rotatable bonds is 4. The Bertz CT molecular complexity index is 186. The zero-order chi connectivity index (χ0) is 8.10. The van der Waals surface area contributed by atoms with Gasteiger partial charge in [0.05, 0.1) is 5.45 Å². The van der Waals surface area contributed by atoms with Gasteiger partial charge in [0.1, 0.15) is 0 Å². The lowest BCUT2D eigenvalue weighted by molar-refractivity contribution is 0.402. The average molecular weight is 234 g/mol. The van der Waals surface area contributed by atoms with Crippen LogP contribution in [0.15, 0.2) is 17.5 Å². The summed E-state index contributed by atoms with van der Waals surface area (Å²) >= 11 is 5.24. The van der Waals surface area contributed by atoms with E-state index in [1.807, 2.05) is 11.3 Å². The highest BCUT2D eigenvalue weighted by atomic mass is 79.9. The van der Waals surface area contributed by atoms with Crippen LogP contribution >= 0.6 is 27.3 Å². The van der Waals surface area contributed by atoms with Crippen molar-refractivity contribution >= 4 is 27.3 Å². The Labute approximate surface area is 80.2 Å². The first-order valence-electron chi connectivity index (χ1n) is 3.60. The molecule has 0 amide bonds. The summed E-state index contributed by atoms with van der Waals surface area (Å²) in [5, 5.41) is 2.13. The van der Waals surface area contributed by atoms with Gasteiger partial charge in [-0.15, -0.1) is 11.3 Å². The first-order chi connectivity index (χ1) is 5.33. The number of likely N-dealkylation sites (N-methyl/N-ethyl adjacent to an activating group) is 1. The van der Waals surface area contributed by atoms with Crippen LogP contribution in [-0.2, 0) is 6.42 Å². The SMILES string of the molecule is CN(CBr)CCc1cccs1. The van der Waals surface area contributed by atoms with Gasteiger partial charge in [0.15, 0.2) is 0 Å². The van der Waals surface area contributed by atoms with Crippen LogP contribution in [-0.4, -0.2) is 23.9 Å². The topological polar surface area (TPSA) is 3.24 Å². The van der Waals surface area contributed by atoms with Gasteiger partial charge in [-0.25, -0.2) is 0 Å². The molecule has 0 bridgehead atoms. The standard InChI is InChI=1S/C8H12BrNS/c1-10(7-9)5-4-8-3-2-6-11-8/h2-3,6H,4-5,7H2,1H3. The van der Waals surface area contributed by atoms with Gasteiger partial charge in [0.2, 0.25) is 0 Å². The Morgan fingerprint density at radius 1 is 1.64 bits per heavy atom. The Morgan fingerprint density at radius 3 is 3.00 bits per heavy atom. The molecule has 0 aliphatic heterocycles. The molecule has 1 rings (SSSR count). The van der Waals surface area contributed by atoms with Crippen LogP contribution in [0.2, 0.25) is 0 Å². The molecule has 0 aromatic carbocycles. The smallest absolute Gasteiger partial charge is 0.0539 e. The van der Waals surface area contributed by atoms with E-state index in [2.05, 4.69) is 45.4 Å². The molecular weight excluding hydrogens is 222 g/mol. The zero-order valence-corrected chi connectivity index (χ0v) is 8.99. The predicted octanol–water partition coefficient (Wildman–Crippen LogP) is 2.57. The molecule has 0 fully saturated rings. The van der Waals surface area contributed by atoms with E-state index in [4.69, 9.17) is 0 Å². The van der Waals surface area contributed by atoms with E-state index in [1.54, 1.807) is 0 Å². The normalized spacial score (nSPS) is 10.8. The summed E-state index contributed by atoms with van der Waals surface area (Å²) in [5.41, 5.74) is 0.957. The van der Waals surface area contributed by atoms with Gasteiger partial charge in [-0.2, -0.15) is 0 Å². The van der Waals surface area contributed by atoms with E-state index in [1.165, 1.54) is 11.3 Å². The van der Waals surface area contributed by atoms with Crippen molar-refractivity contribution in [3.8, 4) is 0 Å². The minimum atomic E-state index is 0.957. The Morgan fingerprint density at radius 2 is 2.45 bits per heavy atom. The van der Waals surface area contributed by atoms with Gasteiger partial charge in [-0.3, -0.25) is 4.90 Å². The molecule has 3 heteroatoms. The fraction of sp³-hybridized carbons (Fsp3) is 0.500. The van der Waals surface area contributed by atoms with Crippen molar-refractivity contribution in [1.29, 1.82) is 0 Å². The van der Waals surface area contributed by atoms with Crippen molar-refractivity contribution in [2.75, 3.05) is 19.0 Å². The minimum absolute atomic E-state index is 0.957. The van der Waals surface area contributed by atoms with E-state index >= 15 is 0 Å². The minimum Gasteiger partial charge on any atom is -0.296 e. The van der Waals surface area contributed by atoms with Gasteiger partial charge in [0, 0.05) is 11.4 Å². The van der Waals surface area contributed by atoms with Gasteiger partial charge >= 0.3 is 0 Å². The van der Waals surface area contributed by atoms with Crippen molar-refractivity contribution in [2.24, 2.45) is 0 Å². The molecule has 0 aliphatic rings. The third kappa shape index (κ3) is 3.36. The summed E-state index contributed by atoms with van der Waals surface area (Å²) in [4.78, 5) is 3.72. The number of alkyl halides is 1. The quantitative estimate of drug-likeness (QED) is 0.571. The maximum Gasteiger partial charge on any atom is 0.0539 e. The van der Waals surface area contributed by atoms with Crippen LogP contribution in [0.1, 0.15) is 4.88 Å². The van der Waals surface area contributed by atoms with Crippen molar-refractivity contribution in [3.05, 3.63) is 22.4 Å². The summed E-state index contributed by atoms with van der Waals surface area (Å²) in [6.07, 6.45) is 1.17. The van der Waals surface area contributed by atoms with Crippen LogP contribution in [0.3, 0.4) is 0 Å². The Kier molecular flexibility index (Phi) is 4.12. The summed E-state index contributed by atoms with van der Waals surface area (Å²) in [7, 11) is 2.11. The van der Waals surface area contributed by atoms with E-state index < -0.39 is 0 Å². The average Bonchev–Trinajstić information content (AvgIpc) is 2.52. The first kappa shape index (κ1) is 9.23. The summed E-state index contributed by atoms with van der Waals surface area (Å²) < 4.78 is 0.